The molecule has 4 bridgehead atoms. The van der Waals surface area contributed by atoms with Gasteiger partial charge in [0, 0.05) is 0 Å². The van der Waals surface area contributed by atoms with Crippen molar-refractivity contribution in [2.24, 2.45) is 23.2 Å². The minimum Gasteiger partial charge on any atom is -0.0596 e. The van der Waals surface area contributed by atoms with E-state index in [0.717, 1.165) is 11.3 Å². The summed E-state index contributed by atoms with van der Waals surface area (Å²) in [6, 6.07) is 0. The molecule has 0 saturated heterocycles. The second-order valence-electron chi connectivity index (χ2n) is 5.28. The fourth-order valence-corrected chi connectivity index (χ4v) is 4.22. The Morgan fingerprint density at radius 3 is 2.00 bits per heavy atom. The number of hydrogen-bond donors (Lipinski definition) is 0. The van der Waals surface area contributed by atoms with E-state index in [2.05, 4.69) is 6.92 Å². The maximum Gasteiger partial charge on any atom is -0.0318 e. The van der Waals surface area contributed by atoms with Gasteiger partial charge >= 0.3 is 0 Å². The molecule has 0 heteroatoms. The molecule has 0 aromatic rings. The average molecular weight is 136 g/mol. The molecule has 0 amide bonds. The summed E-state index contributed by atoms with van der Waals surface area (Å²) < 4.78 is 0. The van der Waals surface area contributed by atoms with Crippen molar-refractivity contribution in [1.82, 2.24) is 0 Å². The molecule has 0 aliphatic heterocycles. The third-order valence-electron chi connectivity index (χ3n) is 4.23. The van der Waals surface area contributed by atoms with Gasteiger partial charge in [-0.15, -0.1) is 0 Å². The Balaban J connectivity index is 2.01. The topological polar surface area (TPSA) is 0 Å². The molecule has 2 atom stereocenters. The summed E-state index contributed by atoms with van der Waals surface area (Å²) in [4.78, 5) is 0. The summed E-state index contributed by atoms with van der Waals surface area (Å²) in [5, 5.41) is 0. The van der Waals surface area contributed by atoms with Crippen LogP contribution in [0.1, 0.15) is 39.0 Å². The standard InChI is InChI=1S/C10H16/c1-10-4-7-2-8(5-10)9(3-7)6-10/h7-9H,2-6H2,1H3. The molecule has 2 unspecified atom stereocenters. The van der Waals surface area contributed by atoms with Crippen LogP contribution in [0.25, 0.3) is 0 Å². The predicted octanol–water partition coefficient (Wildman–Crippen LogP) is 2.83. The van der Waals surface area contributed by atoms with E-state index < -0.39 is 0 Å². The Kier molecular flexibility index (Phi) is 0.810. The average Bonchev–Trinajstić information content (AvgIpc) is 2.16. The van der Waals surface area contributed by atoms with Crippen LogP contribution in [0.15, 0.2) is 0 Å². The number of rotatable bonds is 0. The largest absolute Gasteiger partial charge is 0.0596 e. The second kappa shape index (κ2) is 1.44. The van der Waals surface area contributed by atoms with E-state index >= 15 is 0 Å². The zero-order chi connectivity index (χ0) is 6.77. The van der Waals surface area contributed by atoms with Gasteiger partial charge in [-0.3, -0.25) is 0 Å². The molecule has 4 aliphatic rings. The van der Waals surface area contributed by atoms with Gasteiger partial charge in [0.05, 0.1) is 0 Å². The van der Waals surface area contributed by atoms with Crippen LogP contribution in [0.5, 0.6) is 0 Å². The van der Waals surface area contributed by atoms with Gasteiger partial charge in [-0.1, -0.05) is 6.92 Å². The van der Waals surface area contributed by atoms with E-state index in [1.807, 2.05) is 0 Å². The Labute approximate surface area is 63.0 Å². The summed E-state index contributed by atoms with van der Waals surface area (Å²) in [5.41, 5.74) is 0.816. The quantitative estimate of drug-likeness (QED) is 0.480. The lowest BCUT2D eigenvalue weighted by Gasteiger charge is -2.34. The molecule has 0 aromatic heterocycles. The van der Waals surface area contributed by atoms with Crippen molar-refractivity contribution < 1.29 is 0 Å². The van der Waals surface area contributed by atoms with Gasteiger partial charge in [-0.2, -0.15) is 0 Å². The minimum atomic E-state index is 0.816. The van der Waals surface area contributed by atoms with Crippen LogP contribution in [0.2, 0.25) is 0 Å². The molecule has 0 spiro atoms. The van der Waals surface area contributed by atoms with Crippen LogP contribution >= 0.6 is 0 Å². The molecule has 4 saturated carbocycles. The fourth-order valence-electron chi connectivity index (χ4n) is 4.22. The molecule has 10 heavy (non-hydrogen) atoms. The summed E-state index contributed by atoms with van der Waals surface area (Å²) >= 11 is 0. The Hall–Kier alpha value is 0. The van der Waals surface area contributed by atoms with Gasteiger partial charge < -0.3 is 0 Å². The van der Waals surface area contributed by atoms with Crippen molar-refractivity contribution in [2.75, 3.05) is 0 Å². The summed E-state index contributed by atoms with van der Waals surface area (Å²) in [6.07, 6.45) is 7.92. The summed E-state index contributed by atoms with van der Waals surface area (Å²) in [7, 11) is 0. The Bertz CT molecular complexity index is 151. The Morgan fingerprint density at radius 2 is 1.60 bits per heavy atom. The smallest absolute Gasteiger partial charge is 0.0318 e. The molecule has 4 fully saturated rings. The molecule has 0 radical (unpaired) electrons. The lowest BCUT2D eigenvalue weighted by molar-refractivity contribution is 0.167. The molecule has 4 aliphatic carbocycles. The second-order valence-corrected chi connectivity index (χ2v) is 5.28. The maximum absolute atomic E-state index is 2.52. The van der Waals surface area contributed by atoms with Crippen molar-refractivity contribution in [1.29, 1.82) is 0 Å². The Morgan fingerprint density at radius 1 is 1.00 bits per heavy atom. The van der Waals surface area contributed by atoms with E-state index in [1.54, 1.807) is 32.1 Å². The maximum atomic E-state index is 2.52. The van der Waals surface area contributed by atoms with Crippen molar-refractivity contribution >= 4 is 0 Å². The van der Waals surface area contributed by atoms with Crippen molar-refractivity contribution in [3.63, 3.8) is 0 Å². The van der Waals surface area contributed by atoms with Gasteiger partial charge in [0.15, 0.2) is 0 Å². The van der Waals surface area contributed by atoms with Crippen molar-refractivity contribution in [3.8, 4) is 0 Å². The summed E-state index contributed by atoms with van der Waals surface area (Å²) in [5.74, 6) is 3.50. The van der Waals surface area contributed by atoms with E-state index in [1.165, 1.54) is 11.8 Å². The van der Waals surface area contributed by atoms with Crippen molar-refractivity contribution in [2.45, 2.75) is 39.0 Å². The third-order valence-corrected chi connectivity index (χ3v) is 4.23. The molecule has 0 N–H and O–H groups in total. The highest BCUT2D eigenvalue weighted by molar-refractivity contribution is 5.03. The van der Waals surface area contributed by atoms with E-state index in [0.29, 0.717) is 0 Å². The van der Waals surface area contributed by atoms with Crippen LogP contribution < -0.4 is 0 Å². The van der Waals surface area contributed by atoms with Gasteiger partial charge in [0.2, 0.25) is 0 Å². The highest BCUT2D eigenvalue weighted by Gasteiger charge is 2.53. The highest BCUT2D eigenvalue weighted by Crippen LogP contribution is 2.63. The monoisotopic (exact) mass is 136 g/mol. The zero-order valence-electron chi connectivity index (χ0n) is 6.77. The molecular formula is C10H16. The molecule has 4 rings (SSSR count). The zero-order valence-corrected chi connectivity index (χ0v) is 6.77. The van der Waals surface area contributed by atoms with E-state index in [4.69, 9.17) is 0 Å². The molecular weight excluding hydrogens is 120 g/mol. The third kappa shape index (κ3) is 0.538. The molecule has 0 aromatic carbocycles. The van der Waals surface area contributed by atoms with Crippen LogP contribution in [-0.4, -0.2) is 0 Å². The predicted molar refractivity (Wildman–Crippen MR) is 41.7 cm³/mol. The summed E-state index contributed by atoms with van der Waals surface area (Å²) in [6.45, 7) is 2.52. The highest BCUT2D eigenvalue weighted by atomic mass is 14.6. The van der Waals surface area contributed by atoms with Crippen LogP contribution in [0, 0.1) is 23.2 Å². The minimum absolute atomic E-state index is 0.816. The fraction of sp³-hybridized carbons (Fsp3) is 1.00. The van der Waals surface area contributed by atoms with Crippen LogP contribution in [0.4, 0.5) is 0 Å². The first-order chi connectivity index (χ1) is 4.75. The van der Waals surface area contributed by atoms with E-state index in [9.17, 15) is 0 Å². The molecule has 56 valence electrons. The van der Waals surface area contributed by atoms with Gasteiger partial charge in [0.1, 0.15) is 0 Å². The first-order valence-corrected chi connectivity index (χ1v) is 4.75. The first-order valence-electron chi connectivity index (χ1n) is 4.75. The van der Waals surface area contributed by atoms with E-state index in [-0.39, 0.29) is 0 Å². The molecule has 0 nitrogen and oxygen atoms in total. The number of hydrogen-bond acceptors (Lipinski definition) is 0. The van der Waals surface area contributed by atoms with Crippen molar-refractivity contribution in [3.05, 3.63) is 0 Å². The van der Waals surface area contributed by atoms with Crippen LogP contribution in [-0.2, 0) is 0 Å². The van der Waals surface area contributed by atoms with Gasteiger partial charge in [0.25, 0.3) is 0 Å². The lowest BCUT2D eigenvalue weighted by atomic mass is 9.71. The van der Waals surface area contributed by atoms with Gasteiger partial charge in [-0.25, -0.2) is 0 Å². The normalized spacial score (nSPS) is 63.9. The SMILES string of the molecule is CC12CC3CC(C1)C(C3)C2. The first kappa shape index (κ1) is 5.62. The lowest BCUT2D eigenvalue weighted by Crippen LogP contribution is -2.23. The van der Waals surface area contributed by atoms with Gasteiger partial charge in [-0.05, 0) is 55.3 Å². The molecule has 0 heterocycles. The van der Waals surface area contributed by atoms with Crippen LogP contribution in [0.3, 0.4) is 0 Å².